The fourth-order valence-electron chi connectivity index (χ4n) is 3.31. The van der Waals surface area contributed by atoms with Gasteiger partial charge in [0.05, 0.1) is 6.54 Å². The Morgan fingerprint density at radius 2 is 1.92 bits per heavy atom. The first kappa shape index (κ1) is 16.7. The molecule has 1 saturated carbocycles. The quantitative estimate of drug-likeness (QED) is 0.855. The lowest BCUT2D eigenvalue weighted by Gasteiger charge is -2.20. The van der Waals surface area contributed by atoms with Gasteiger partial charge in [-0.05, 0) is 30.0 Å². The van der Waals surface area contributed by atoms with Crippen LogP contribution >= 0.6 is 0 Å². The Balaban J connectivity index is 1.46. The van der Waals surface area contributed by atoms with Gasteiger partial charge in [0.25, 0.3) is 0 Å². The van der Waals surface area contributed by atoms with Crippen LogP contribution in [0.15, 0.2) is 36.5 Å². The summed E-state index contributed by atoms with van der Waals surface area (Å²) in [7, 11) is 0. The van der Waals surface area contributed by atoms with Crippen molar-refractivity contribution >= 4 is 11.7 Å². The number of nitrogens with one attached hydrogen (secondary N) is 1. The van der Waals surface area contributed by atoms with Crippen molar-refractivity contribution in [1.29, 1.82) is 0 Å². The predicted molar refractivity (Wildman–Crippen MR) is 92.2 cm³/mol. The highest BCUT2D eigenvalue weighted by molar-refractivity contribution is 5.89. The van der Waals surface area contributed by atoms with E-state index in [0.29, 0.717) is 24.7 Å². The van der Waals surface area contributed by atoms with E-state index in [9.17, 15) is 9.18 Å². The highest BCUT2D eigenvalue weighted by Crippen LogP contribution is 2.27. The topological polar surface area (TPSA) is 46.9 Å². The van der Waals surface area contributed by atoms with Crippen LogP contribution in [0.1, 0.15) is 50.5 Å². The van der Waals surface area contributed by atoms with Crippen LogP contribution in [0.3, 0.4) is 0 Å². The molecular formula is C19H24FN3O. The van der Waals surface area contributed by atoms with Crippen molar-refractivity contribution < 1.29 is 9.18 Å². The molecule has 0 bridgehead atoms. The molecule has 0 aliphatic heterocycles. The van der Waals surface area contributed by atoms with Crippen LogP contribution in [0.25, 0.3) is 0 Å². The molecule has 24 heavy (non-hydrogen) atoms. The van der Waals surface area contributed by atoms with E-state index < -0.39 is 0 Å². The minimum absolute atomic E-state index is 0.0348. The standard InChI is InChI=1S/C19H24FN3O/c20-17-9-6-16(7-10-17)14-23-13-12-18(22-23)21-19(24)11-8-15-4-2-1-3-5-15/h6-7,9-10,12-13,15H,1-5,8,11,14H2,(H,21,22,24). The lowest BCUT2D eigenvalue weighted by molar-refractivity contribution is -0.116. The molecule has 4 nitrogen and oxygen atoms in total. The summed E-state index contributed by atoms with van der Waals surface area (Å²) in [4.78, 5) is 12.1. The maximum absolute atomic E-state index is 12.9. The zero-order valence-electron chi connectivity index (χ0n) is 13.9. The molecule has 1 fully saturated rings. The molecule has 1 aromatic carbocycles. The van der Waals surface area contributed by atoms with E-state index >= 15 is 0 Å². The molecule has 0 atom stereocenters. The molecule has 0 spiro atoms. The summed E-state index contributed by atoms with van der Waals surface area (Å²) in [5, 5.41) is 7.22. The number of halogens is 1. The van der Waals surface area contributed by atoms with E-state index in [2.05, 4.69) is 10.4 Å². The molecule has 128 valence electrons. The summed E-state index contributed by atoms with van der Waals surface area (Å²) >= 11 is 0. The highest BCUT2D eigenvalue weighted by Gasteiger charge is 2.15. The molecule has 1 aliphatic carbocycles. The second-order valence-corrected chi connectivity index (χ2v) is 6.62. The molecule has 0 saturated heterocycles. The Morgan fingerprint density at radius 1 is 1.17 bits per heavy atom. The van der Waals surface area contributed by atoms with Gasteiger partial charge in [-0.25, -0.2) is 4.39 Å². The van der Waals surface area contributed by atoms with E-state index in [1.54, 1.807) is 22.9 Å². The number of nitrogens with zero attached hydrogens (tertiary/aromatic N) is 2. The van der Waals surface area contributed by atoms with Gasteiger partial charge in [-0.3, -0.25) is 9.48 Å². The third-order valence-electron chi connectivity index (χ3n) is 4.67. The number of benzene rings is 1. The summed E-state index contributed by atoms with van der Waals surface area (Å²) in [6, 6.07) is 8.14. The van der Waals surface area contributed by atoms with Crippen molar-refractivity contribution in [1.82, 2.24) is 9.78 Å². The molecule has 1 heterocycles. The van der Waals surface area contributed by atoms with Crippen LogP contribution in [0.4, 0.5) is 10.2 Å². The van der Waals surface area contributed by atoms with E-state index in [0.717, 1.165) is 12.0 Å². The lowest BCUT2D eigenvalue weighted by Crippen LogP contribution is -2.15. The zero-order valence-corrected chi connectivity index (χ0v) is 13.9. The summed E-state index contributed by atoms with van der Waals surface area (Å²) < 4.78 is 14.7. The smallest absolute Gasteiger partial charge is 0.225 e. The van der Waals surface area contributed by atoms with E-state index in [4.69, 9.17) is 0 Å². The van der Waals surface area contributed by atoms with Gasteiger partial charge in [-0.2, -0.15) is 5.10 Å². The largest absolute Gasteiger partial charge is 0.309 e. The summed E-state index contributed by atoms with van der Waals surface area (Å²) in [6.07, 6.45) is 9.84. The second kappa shape index (κ2) is 8.08. The molecule has 0 radical (unpaired) electrons. The van der Waals surface area contributed by atoms with Gasteiger partial charge in [0.15, 0.2) is 5.82 Å². The molecule has 1 aliphatic rings. The Hall–Kier alpha value is -2.17. The number of hydrogen-bond donors (Lipinski definition) is 1. The predicted octanol–water partition coefficient (Wildman–Crippen LogP) is 4.37. The number of amides is 1. The minimum Gasteiger partial charge on any atom is -0.309 e. The maximum atomic E-state index is 12.9. The molecule has 3 rings (SSSR count). The SMILES string of the molecule is O=C(CCC1CCCCC1)Nc1ccn(Cc2ccc(F)cc2)n1. The Morgan fingerprint density at radius 3 is 2.67 bits per heavy atom. The summed E-state index contributed by atoms with van der Waals surface area (Å²) in [5.41, 5.74) is 0.967. The van der Waals surface area contributed by atoms with Crippen LogP contribution < -0.4 is 5.32 Å². The van der Waals surface area contributed by atoms with E-state index in [1.807, 2.05) is 6.20 Å². The van der Waals surface area contributed by atoms with E-state index in [-0.39, 0.29) is 11.7 Å². The van der Waals surface area contributed by atoms with Crippen molar-refractivity contribution in [3.8, 4) is 0 Å². The highest BCUT2D eigenvalue weighted by atomic mass is 19.1. The van der Waals surface area contributed by atoms with Crippen LogP contribution in [0.2, 0.25) is 0 Å². The van der Waals surface area contributed by atoms with Crippen LogP contribution in [-0.2, 0) is 11.3 Å². The van der Waals surface area contributed by atoms with Gasteiger partial charge in [0, 0.05) is 18.7 Å². The van der Waals surface area contributed by atoms with E-state index in [1.165, 1.54) is 44.2 Å². The number of hydrogen-bond acceptors (Lipinski definition) is 2. The van der Waals surface area contributed by atoms with Crippen molar-refractivity contribution in [2.45, 2.75) is 51.5 Å². The fourth-order valence-corrected chi connectivity index (χ4v) is 3.31. The Bertz CT molecular complexity index is 660. The minimum atomic E-state index is -0.245. The average molecular weight is 329 g/mol. The van der Waals surface area contributed by atoms with Gasteiger partial charge in [0.2, 0.25) is 5.91 Å². The molecule has 0 unspecified atom stereocenters. The van der Waals surface area contributed by atoms with Crippen molar-refractivity contribution in [2.75, 3.05) is 5.32 Å². The third kappa shape index (κ3) is 4.91. The van der Waals surface area contributed by atoms with Crippen molar-refractivity contribution in [3.05, 3.63) is 47.9 Å². The second-order valence-electron chi connectivity index (χ2n) is 6.62. The number of rotatable bonds is 6. The third-order valence-corrected chi connectivity index (χ3v) is 4.67. The molecular weight excluding hydrogens is 305 g/mol. The maximum Gasteiger partial charge on any atom is 0.225 e. The van der Waals surface area contributed by atoms with Crippen molar-refractivity contribution in [3.63, 3.8) is 0 Å². The molecule has 2 aromatic rings. The molecule has 5 heteroatoms. The monoisotopic (exact) mass is 329 g/mol. The molecule has 1 N–H and O–H groups in total. The van der Waals surface area contributed by atoms with Gasteiger partial charge in [-0.1, -0.05) is 44.2 Å². The van der Waals surface area contributed by atoms with Crippen LogP contribution in [0.5, 0.6) is 0 Å². The number of aromatic nitrogens is 2. The molecule has 1 amide bonds. The van der Waals surface area contributed by atoms with Crippen LogP contribution in [-0.4, -0.2) is 15.7 Å². The first-order chi connectivity index (χ1) is 11.7. The zero-order chi connectivity index (χ0) is 16.8. The van der Waals surface area contributed by atoms with Gasteiger partial charge in [0.1, 0.15) is 5.82 Å². The summed E-state index contributed by atoms with van der Waals surface area (Å²) in [6.45, 7) is 0.554. The lowest BCUT2D eigenvalue weighted by atomic mass is 9.86. The van der Waals surface area contributed by atoms with Gasteiger partial charge < -0.3 is 5.32 Å². The van der Waals surface area contributed by atoms with Gasteiger partial charge in [-0.15, -0.1) is 0 Å². The Kier molecular flexibility index (Phi) is 5.62. The first-order valence-corrected chi connectivity index (χ1v) is 8.77. The molecule has 1 aromatic heterocycles. The number of anilines is 1. The number of carbonyl (C=O) groups is 1. The van der Waals surface area contributed by atoms with Crippen molar-refractivity contribution in [2.24, 2.45) is 5.92 Å². The van der Waals surface area contributed by atoms with Crippen LogP contribution in [0, 0.1) is 11.7 Å². The normalized spacial score (nSPS) is 15.4. The van der Waals surface area contributed by atoms with Gasteiger partial charge >= 0.3 is 0 Å². The number of carbonyl (C=O) groups excluding carboxylic acids is 1. The first-order valence-electron chi connectivity index (χ1n) is 8.77. The summed E-state index contributed by atoms with van der Waals surface area (Å²) in [5.74, 6) is 1.07. The average Bonchev–Trinajstić information content (AvgIpc) is 3.03. The fraction of sp³-hybridized carbons (Fsp3) is 0.474. The Labute approximate surface area is 142 Å².